The SMILES string of the molecule is NC1NC=Cc2ccc(-n3nc(C(F)(F)F)cc3C(=O)Nc3cc(C(NCC4CC4)c4ccccc4)ccc3F)cc21. The van der Waals surface area contributed by atoms with Crippen LogP contribution in [-0.2, 0) is 6.18 Å². The maximum absolute atomic E-state index is 15.0. The number of carbonyl (C=O) groups excluding carboxylic acids is 1. The molecule has 42 heavy (non-hydrogen) atoms. The van der Waals surface area contributed by atoms with Crippen molar-refractivity contribution in [2.75, 3.05) is 11.9 Å². The van der Waals surface area contributed by atoms with Crippen LogP contribution in [0.3, 0.4) is 0 Å². The van der Waals surface area contributed by atoms with Crippen molar-refractivity contribution in [1.82, 2.24) is 20.4 Å². The van der Waals surface area contributed by atoms with Gasteiger partial charge in [-0.2, -0.15) is 18.3 Å². The smallest absolute Gasteiger partial charge is 0.372 e. The van der Waals surface area contributed by atoms with Crippen LogP contribution in [0.25, 0.3) is 11.8 Å². The molecule has 3 aromatic carbocycles. The Morgan fingerprint density at radius 2 is 1.83 bits per heavy atom. The number of amides is 1. The van der Waals surface area contributed by atoms with Crippen molar-refractivity contribution in [3.8, 4) is 5.69 Å². The first-order valence-corrected chi connectivity index (χ1v) is 13.6. The van der Waals surface area contributed by atoms with Crippen LogP contribution in [0.15, 0.2) is 79.0 Å². The first-order valence-electron chi connectivity index (χ1n) is 13.6. The van der Waals surface area contributed by atoms with Gasteiger partial charge in [-0.3, -0.25) is 4.79 Å². The van der Waals surface area contributed by atoms with Gasteiger partial charge in [-0.25, -0.2) is 9.07 Å². The van der Waals surface area contributed by atoms with Crippen molar-refractivity contribution in [2.24, 2.45) is 11.7 Å². The maximum atomic E-state index is 15.0. The second-order valence-corrected chi connectivity index (χ2v) is 10.5. The number of alkyl halides is 3. The zero-order valence-corrected chi connectivity index (χ0v) is 22.3. The van der Waals surface area contributed by atoms with Crippen LogP contribution in [0.1, 0.15) is 63.5 Å². The van der Waals surface area contributed by atoms with Crippen molar-refractivity contribution in [3.05, 3.63) is 118 Å². The number of aromatic nitrogens is 2. The predicted octanol–water partition coefficient (Wildman–Crippen LogP) is 5.90. The first-order chi connectivity index (χ1) is 20.2. The van der Waals surface area contributed by atoms with Crippen LogP contribution in [0, 0.1) is 11.7 Å². The van der Waals surface area contributed by atoms with E-state index in [9.17, 15) is 18.0 Å². The monoisotopic (exact) mass is 576 g/mol. The van der Waals surface area contributed by atoms with Crippen LogP contribution in [-0.4, -0.2) is 22.2 Å². The number of anilines is 1. The van der Waals surface area contributed by atoms with E-state index in [0.717, 1.165) is 35.2 Å². The number of carbonyl (C=O) groups is 1. The summed E-state index contributed by atoms with van der Waals surface area (Å²) in [4.78, 5) is 13.5. The number of fused-ring (bicyclic) bond motifs is 1. The van der Waals surface area contributed by atoms with Crippen molar-refractivity contribution < 1.29 is 22.4 Å². The summed E-state index contributed by atoms with van der Waals surface area (Å²) >= 11 is 0. The van der Waals surface area contributed by atoms with Crippen molar-refractivity contribution in [3.63, 3.8) is 0 Å². The highest BCUT2D eigenvalue weighted by molar-refractivity contribution is 6.03. The Balaban J connectivity index is 1.34. The zero-order chi connectivity index (χ0) is 29.4. The van der Waals surface area contributed by atoms with E-state index in [0.29, 0.717) is 23.1 Å². The Labute approximate surface area is 239 Å². The first kappa shape index (κ1) is 27.7. The lowest BCUT2D eigenvalue weighted by Gasteiger charge is -2.21. The fourth-order valence-corrected chi connectivity index (χ4v) is 5.01. The van der Waals surface area contributed by atoms with Gasteiger partial charge >= 0.3 is 6.18 Å². The van der Waals surface area contributed by atoms with E-state index in [1.54, 1.807) is 36.5 Å². The largest absolute Gasteiger partial charge is 0.435 e. The maximum Gasteiger partial charge on any atom is 0.435 e. The fourth-order valence-electron chi connectivity index (χ4n) is 5.01. The normalized spacial score (nSPS) is 16.9. The molecular formula is C31H28F4N6O. The number of hydrogen-bond acceptors (Lipinski definition) is 5. The number of rotatable bonds is 8. The summed E-state index contributed by atoms with van der Waals surface area (Å²) in [7, 11) is 0. The molecule has 1 aliphatic heterocycles. The minimum Gasteiger partial charge on any atom is -0.372 e. The number of hydrogen-bond donors (Lipinski definition) is 4. The molecule has 1 aliphatic carbocycles. The molecule has 216 valence electrons. The summed E-state index contributed by atoms with van der Waals surface area (Å²) in [5, 5.41) is 12.6. The lowest BCUT2D eigenvalue weighted by Crippen LogP contribution is -2.27. The van der Waals surface area contributed by atoms with Crippen LogP contribution in [0.4, 0.5) is 23.2 Å². The summed E-state index contributed by atoms with van der Waals surface area (Å²) in [5.41, 5.74) is 7.55. The molecular weight excluding hydrogens is 548 g/mol. The molecule has 7 nitrogen and oxygen atoms in total. The van der Waals surface area contributed by atoms with Gasteiger partial charge in [0.15, 0.2) is 5.69 Å². The van der Waals surface area contributed by atoms with Gasteiger partial charge in [0.1, 0.15) is 17.7 Å². The van der Waals surface area contributed by atoms with E-state index < -0.39 is 35.5 Å². The van der Waals surface area contributed by atoms with Crippen LogP contribution >= 0.6 is 0 Å². The van der Waals surface area contributed by atoms with Crippen LogP contribution < -0.4 is 21.7 Å². The molecule has 2 atom stereocenters. The topological polar surface area (TPSA) is 97.0 Å². The summed E-state index contributed by atoms with van der Waals surface area (Å²) in [5.74, 6) is -1.08. The van der Waals surface area contributed by atoms with Crippen molar-refractivity contribution in [2.45, 2.75) is 31.2 Å². The van der Waals surface area contributed by atoms with Gasteiger partial charge in [-0.15, -0.1) is 0 Å². The standard InChI is InChI=1S/C31H28F4N6O/c32-24-11-9-21(28(38-17-18-6-7-18)20-4-2-1-3-5-20)14-25(24)39-30(42)26-16-27(31(33,34)35)40-41(26)22-10-8-19-12-13-37-29(36)23(19)15-22/h1-5,8-16,18,28-29,37-38H,6-7,17,36H2,(H,39,42). The number of nitrogens with zero attached hydrogens (tertiary/aromatic N) is 2. The van der Waals surface area contributed by atoms with Gasteiger partial charge in [0, 0.05) is 6.07 Å². The van der Waals surface area contributed by atoms with Gasteiger partial charge in [0.25, 0.3) is 5.91 Å². The lowest BCUT2D eigenvalue weighted by atomic mass is 9.97. The second kappa shape index (κ2) is 11.1. The number of halogens is 4. The molecule has 1 amide bonds. The minimum absolute atomic E-state index is 0.158. The van der Waals surface area contributed by atoms with E-state index in [2.05, 4.69) is 21.0 Å². The molecule has 1 fully saturated rings. The average Bonchev–Trinajstić information content (AvgIpc) is 3.68. The molecule has 0 saturated heterocycles. The molecule has 1 aromatic heterocycles. The summed E-state index contributed by atoms with van der Waals surface area (Å²) in [6.07, 6.45) is 0.345. The molecule has 0 bridgehead atoms. The molecule has 0 spiro atoms. The van der Waals surface area contributed by atoms with Gasteiger partial charge in [-0.05, 0) is 84.1 Å². The highest BCUT2D eigenvalue weighted by Crippen LogP contribution is 2.33. The molecule has 4 aromatic rings. The van der Waals surface area contributed by atoms with Crippen LogP contribution in [0.5, 0.6) is 0 Å². The molecule has 0 radical (unpaired) electrons. The van der Waals surface area contributed by atoms with E-state index >= 15 is 4.39 Å². The van der Waals surface area contributed by atoms with Gasteiger partial charge in [-0.1, -0.05) is 42.5 Å². The Hall–Kier alpha value is -4.48. The summed E-state index contributed by atoms with van der Waals surface area (Å²) in [6, 6.07) is 19.2. The second-order valence-electron chi connectivity index (χ2n) is 10.5. The molecule has 2 aliphatic rings. The third-order valence-corrected chi connectivity index (χ3v) is 7.43. The number of benzene rings is 3. The minimum atomic E-state index is -4.81. The summed E-state index contributed by atoms with van der Waals surface area (Å²) < 4.78 is 57.0. The summed E-state index contributed by atoms with van der Waals surface area (Å²) in [6.45, 7) is 0.785. The molecule has 5 N–H and O–H groups in total. The zero-order valence-electron chi connectivity index (χ0n) is 22.3. The quantitative estimate of drug-likeness (QED) is 0.196. The number of nitrogens with one attached hydrogen (secondary N) is 3. The van der Waals surface area contributed by atoms with Crippen molar-refractivity contribution in [1.29, 1.82) is 0 Å². The fraction of sp³-hybridized carbons (Fsp3) is 0.226. The Morgan fingerprint density at radius 3 is 2.57 bits per heavy atom. The van der Waals surface area contributed by atoms with Gasteiger partial charge < -0.3 is 21.7 Å². The van der Waals surface area contributed by atoms with Crippen LogP contribution in [0.2, 0.25) is 0 Å². The Bertz CT molecular complexity index is 1650. The Kier molecular flexibility index (Phi) is 7.29. The molecule has 11 heteroatoms. The molecule has 2 unspecified atom stereocenters. The lowest BCUT2D eigenvalue weighted by molar-refractivity contribution is -0.141. The van der Waals surface area contributed by atoms with Crippen molar-refractivity contribution >= 4 is 17.7 Å². The van der Waals surface area contributed by atoms with E-state index in [1.165, 1.54) is 12.1 Å². The highest BCUT2D eigenvalue weighted by Gasteiger charge is 2.36. The highest BCUT2D eigenvalue weighted by atomic mass is 19.4. The molecule has 6 rings (SSSR count). The third-order valence-electron chi connectivity index (χ3n) is 7.43. The molecule has 1 saturated carbocycles. The number of nitrogens with two attached hydrogens (primary N) is 1. The van der Waals surface area contributed by atoms with E-state index in [1.807, 2.05) is 30.3 Å². The predicted molar refractivity (Wildman–Crippen MR) is 151 cm³/mol. The van der Waals surface area contributed by atoms with Gasteiger partial charge in [0.05, 0.1) is 17.4 Å². The van der Waals surface area contributed by atoms with E-state index in [-0.39, 0.29) is 17.4 Å². The molecule has 2 heterocycles. The van der Waals surface area contributed by atoms with Gasteiger partial charge in [0.2, 0.25) is 0 Å². The Morgan fingerprint density at radius 1 is 1.05 bits per heavy atom. The van der Waals surface area contributed by atoms with E-state index in [4.69, 9.17) is 5.73 Å². The third kappa shape index (κ3) is 5.79. The average molecular weight is 577 g/mol.